The standard InChI is InChI=1S/C10H16BrNO3S3/c1-7(16-2)3-4-12-18(14,15)9-5-8(6-13)17-10(9)11/h5,7,12-13H,3-4,6H2,1-2H3. The Kier molecular flexibility index (Phi) is 6.63. The van der Waals surface area contributed by atoms with Crippen LogP contribution >= 0.6 is 39.0 Å². The fourth-order valence-electron chi connectivity index (χ4n) is 1.25. The zero-order valence-electron chi connectivity index (χ0n) is 10.1. The van der Waals surface area contributed by atoms with Crippen LogP contribution in [0.3, 0.4) is 0 Å². The van der Waals surface area contributed by atoms with E-state index in [1.807, 2.05) is 6.26 Å². The highest BCUT2D eigenvalue weighted by atomic mass is 79.9. The number of halogens is 1. The number of aliphatic hydroxyl groups excluding tert-OH is 1. The second-order valence-electron chi connectivity index (χ2n) is 3.74. The fraction of sp³-hybridized carbons (Fsp3) is 0.600. The molecule has 0 amide bonds. The third kappa shape index (κ3) is 4.50. The number of sulfonamides is 1. The van der Waals surface area contributed by atoms with Crippen molar-refractivity contribution in [2.24, 2.45) is 0 Å². The Balaban J connectivity index is 2.71. The van der Waals surface area contributed by atoms with Gasteiger partial charge in [0.05, 0.1) is 10.4 Å². The smallest absolute Gasteiger partial charge is 0.242 e. The van der Waals surface area contributed by atoms with Crippen LogP contribution in [0.15, 0.2) is 14.7 Å². The summed E-state index contributed by atoms with van der Waals surface area (Å²) in [5.41, 5.74) is 0. The van der Waals surface area contributed by atoms with Gasteiger partial charge < -0.3 is 5.11 Å². The molecule has 8 heteroatoms. The minimum atomic E-state index is -3.49. The lowest BCUT2D eigenvalue weighted by molar-refractivity contribution is 0.285. The maximum Gasteiger partial charge on any atom is 0.242 e. The Morgan fingerprint density at radius 2 is 2.28 bits per heavy atom. The van der Waals surface area contributed by atoms with E-state index in [0.29, 0.717) is 20.5 Å². The van der Waals surface area contributed by atoms with Gasteiger partial charge in [0.1, 0.15) is 4.90 Å². The summed E-state index contributed by atoms with van der Waals surface area (Å²) < 4.78 is 27.2. The molecule has 0 saturated heterocycles. The van der Waals surface area contributed by atoms with E-state index in [1.54, 1.807) is 11.8 Å². The molecule has 104 valence electrons. The molecule has 1 aromatic heterocycles. The summed E-state index contributed by atoms with van der Waals surface area (Å²) in [6, 6.07) is 1.50. The molecule has 1 rings (SSSR count). The number of hydrogen-bond donors (Lipinski definition) is 2. The molecular weight excluding hydrogens is 358 g/mol. The highest BCUT2D eigenvalue weighted by Gasteiger charge is 2.20. The molecule has 0 aliphatic carbocycles. The van der Waals surface area contributed by atoms with Gasteiger partial charge in [-0.25, -0.2) is 13.1 Å². The minimum absolute atomic E-state index is 0.151. The van der Waals surface area contributed by atoms with Crippen molar-refractivity contribution in [3.63, 3.8) is 0 Å². The summed E-state index contributed by atoms with van der Waals surface area (Å²) in [7, 11) is -3.49. The zero-order chi connectivity index (χ0) is 13.8. The van der Waals surface area contributed by atoms with Crippen LogP contribution in [0.4, 0.5) is 0 Å². The van der Waals surface area contributed by atoms with Gasteiger partial charge in [-0.2, -0.15) is 11.8 Å². The van der Waals surface area contributed by atoms with E-state index >= 15 is 0 Å². The van der Waals surface area contributed by atoms with Crippen molar-refractivity contribution >= 4 is 49.1 Å². The van der Waals surface area contributed by atoms with Crippen LogP contribution in [0.1, 0.15) is 18.2 Å². The lowest BCUT2D eigenvalue weighted by Gasteiger charge is -2.09. The number of hydrogen-bond acceptors (Lipinski definition) is 5. The molecule has 1 heterocycles. The number of rotatable bonds is 7. The topological polar surface area (TPSA) is 66.4 Å². The van der Waals surface area contributed by atoms with E-state index in [-0.39, 0.29) is 11.5 Å². The van der Waals surface area contributed by atoms with Crippen LogP contribution in [-0.2, 0) is 16.6 Å². The number of nitrogens with one attached hydrogen (secondary N) is 1. The van der Waals surface area contributed by atoms with Gasteiger partial charge in [-0.1, -0.05) is 6.92 Å². The normalized spacial score (nSPS) is 13.8. The van der Waals surface area contributed by atoms with Gasteiger partial charge in [-0.15, -0.1) is 11.3 Å². The maximum atomic E-state index is 12.0. The predicted octanol–water partition coefficient (Wildman–Crippen LogP) is 2.42. The van der Waals surface area contributed by atoms with E-state index in [0.717, 1.165) is 6.42 Å². The number of thiophene rings is 1. The fourth-order valence-corrected chi connectivity index (χ4v) is 5.19. The van der Waals surface area contributed by atoms with Crippen molar-refractivity contribution in [2.45, 2.75) is 30.1 Å². The van der Waals surface area contributed by atoms with E-state index < -0.39 is 10.0 Å². The van der Waals surface area contributed by atoms with Gasteiger partial charge in [0.25, 0.3) is 0 Å². The summed E-state index contributed by atoms with van der Waals surface area (Å²) in [5.74, 6) is 0. The number of thioether (sulfide) groups is 1. The highest BCUT2D eigenvalue weighted by molar-refractivity contribution is 9.11. The lowest BCUT2D eigenvalue weighted by atomic mass is 10.3. The molecule has 1 unspecified atom stereocenters. The zero-order valence-corrected chi connectivity index (χ0v) is 14.2. The van der Waals surface area contributed by atoms with Gasteiger partial charge >= 0.3 is 0 Å². The van der Waals surface area contributed by atoms with Crippen molar-refractivity contribution in [3.05, 3.63) is 14.7 Å². The van der Waals surface area contributed by atoms with Crippen molar-refractivity contribution in [3.8, 4) is 0 Å². The van der Waals surface area contributed by atoms with Crippen LogP contribution < -0.4 is 4.72 Å². The SMILES string of the molecule is CSC(C)CCNS(=O)(=O)c1cc(CO)sc1Br. The van der Waals surface area contributed by atoms with Gasteiger partial charge in [0.15, 0.2) is 0 Å². The van der Waals surface area contributed by atoms with Crippen molar-refractivity contribution < 1.29 is 13.5 Å². The first-order valence-corrected chi connectivity index (χ1v) is 9.70. The van der Waals surface area contributed by atoms with Gasteiger partial charge in [0, 0.05) is 16.7 Å². The molecule has 0 aromatic carbocycles. The third-order valence-corrected chi connectivity index (χ3v) is 7.14. The Hall–Kier alpha value is 0.400. The molecule has 0 spiro atoms. The van der Waals surface area contributed by atoms with E-state index in [4.69, 9.17) is 5.11 Å². The summed E-state index contributed by atoms with van der Waals surface area (Å²) in [5, 5.41) is 9.42. The first-order chi connectivity index (χ1) is 8.40. The maximum absolute atomic E-state index is 12.0. The van der Waals surface area contributed by atoms with Gasteiger partial charge in [-0.3, -0.25) is 0 Å². The lowest BCUT2D eigenvalue weighted by Crippen LogP contribution is -2.26. The van der Waals surface area contributed by atoms with Crippen LogP contribution in [0, 0.1) is 0 Å². The van der Waals surface area contributed by atoms with E-state index in [1.165, 1.54) is 17.4 Å². The molecule has 1 atom stereocenters. The van der Waals surface area contributed by atoms with Crippen LogP contribution in [0.5, 0.6) is 0 Å². The molecule has 0 fully saturated rings. The van der Waals surface area contributed by atoms with Crippen molar-refractivity contribution in [1.82, 2.24) is 4.72 Å². The second-order valence-corrected chi connectivity index (χ2v) is 9.21. The summed E-state index contributed by atoms with van der Waals surface area (Å²) in [6.07, 6.45) is 2.79. The summed E-state index contributed by atoms with van der Waals surface area (Å²) in [4.78, 5) is 0.827. The second kappa shape index (κ2) is 7.25. The van der Waals surface area contributed by atoms with E-state index in [2.05, 4.69) is 27.6 Å². The Morgan fingerprint density at radius 1 is 1.61 bits per heavy atom. The minimum Gasteiger partial charge on any atom is -0.391 e. The first-order valence-electron chi connectivity index (χ1n) is 5.32. The average molecular weight is 374 g/mol. The molecule has 0 radical (unpaired) electrons. The highest BCUT2D eigenvalue weighted by Crippen LogP contribution is 2.31. The first kappa shape index (κ1) is 16.5. The summed E-state index contributed by atoms with van der Waals surface area (Å²) >= 11 is 6.15. The largest absolute Gasteiger partial charge is 0.391 e. The number of aliphatic hydroxyl groups is 1. The van der Waals surface area contributed by atoms with Crippen LogP contribution in [0.25, 0.3) is 0 Å². The molecular formula is C10H16BrNO3S3. The van der Waals surface area contributed by atoms with Crippen LogP contribution in [0.2, 0.25) is 0 Å². The molecule has 2 N–H and O–H groups in total. The van der Waals surface area contributed by atoms with Gasteiger partial charge in [0.2, 0.25) is 10.0 Å². The summed E-state index contributed by atoms with van der Waals surface area (Å²) in [6.45, 7) is 2.33. The predicted molar refractivity (Wildman–Crippen MR) is 80.7 cm³/mol. The molecule has 0 bridgehead atoms. The van der Waals surface area contributed by atoms with Gasteiger partial charge in [-0.05, 0) is 34.7 Å². The Bertz CT molecular complexity index is 487. The molecule has 0 aliphatic heterocycles. The third-order valence-electron chi connectivity index (χ3n) is 2.40. The monoisotopic (exact) mass is 373 g/mol. The average Bonchev–Trinajstić information content (AvgIpc) is 2.71. The molecule has 18 heavy (non-hydrogen) atoms. The quantitative estimate of drug-likeness (QED) is 0.769. The van der Waals surface area contributed by atoms with Crippen molar-refractivity contribution in [1.29, 1.82) is 0 Å². The van der Waals surface area contributed by atoms with Crippen molar-refractivity contribution in [2.75, 3.05) is 12.8 Å². The Morgan fingerprint density at radius 3 is 2.78 bits per heavy atom. The molecule has 0 saturated carbocycles. The Labute approximate surface area is 124 Å². The molecule has 1 aromatic rings. The van der Waals surface area contributed by atoms with E-state index in [9.17, 15) is 8.42 Å². The molecule has 4 nitrogen and oxygen atoms in total. The molecule has 0 aliphatic rings. The van der Waals surface area contributed by atoms with Crippen LogP contribution in [-0.4, -0.2) is 31.6 Å².